The molecule has 0 radical (unpaired) electrons. The zero-order chi connectivity index (χ0) is 21.1. The van der Waals surface area contributed by atoms with Crippen molar-refractivity contribution in [2.24, 2.45) is 0 Å². The Morgan fingerprint density at radius 1 is 0.900 bits per heavy atom. The number of imide groups is 1. The first kappa shape index (κ1) is 19.4. The van der Waals surface area contributed by atoms with E-state index in [2.05, 4.69) is 5.32 Å². The Hall–Kier alpha value is -3.93. The van der Waals surface area contributed by atoms with E-state index in [1.807, 2.05) is 6.07 Å². The fourth-order valence-corrected chi connectivity index (χ4v) is 3.35. The lowest BCUT2D eigenvalue weighted by Crippen LogP contribution is -2.32. The van der Waals surface area contributed by atoms with E-state index in [4.69, 9.17) is 4.74 Å². The summed E-state index contributed by atoms with van der Waals surface area (Å²) in [6, 6.07) is 22.1. The Kier molecular flexibility index (Phi) is 5.30. The van der Waals surface area contributed by atoms with Crippen LogP contribution >= 0.6 is 0 Å². The van der Waals surface area contributed by atoms with E-state index in [9.17, 15) is 14.0 Å². The number of benzene rings is 3. The van der Waals surface area contributed by atoms with Crippen molar-refractivity contribution < 1.29 is 18.7 Å². The second kappa shape index (κ2) is 8.21. The third kappa shape index (κ3) is 3.67. The van der Waals surface area contributed by atoms with Gasteiger partial charge in [0.15, 0.2) is 0 Å². The minimum atomic E-state index is -0.509. The van der Waals surface area contributed by atoms with E-state index in [0.29, 0.717) is 17.0 Å². The van der Waals surface area contributed by atoms with Gasteiger partial charge in [0.2, 0.25) is 0 Å². The summed E-state index contributed by atoms with van der Waals surface area (Å²) in [5, 5.41) is 3.07. The molecule has 0 fully saturated rings. The highest BCUT2D eigenvalue weighted by Crippen LogP contribution is 2.32. The van der Waals surface area contributed by atoms with Gasteiger partial charge in [-0.2, -0.15) is 0 Å². The number of anilines is 1. The largest absolute Gasteiger partial charge is 0.497 e. The summed E-state index contributed by atoms with van der Waals surface area (Å²) in [4.78, 5) is 27.5. The third-order valence-corrected chi connectivity index (χ3v) is 4.86. The van der Waals surface area contributed by atoms with Gasteiger partial charge in [0.1, 0.15) is 17.3 Å². The van der Waals surface area contributed by atoms with Crippen LogP contribution in [-0.2, 0) is 16.1 Å². The molecule has 5 nitrogen and oxygen atoms in total. The molecule has 6 heteroatoms. The van der Waals surface area contributed by atoms with Crippen molar-refractivity contribution in [2.75, 3.05) is 12.4 Å². The van der Waals surface area contributed by atoms with Crippen molar-refractivity contribution in [2.45, 2.75) is 6.54 Å². The molecular formula is C24H19FN2O3. The number of nitrogens with one attached hydrogen (secondary N) is 1. The molecule has 3 aromatic rings. The molecule has 1 aliphatic rings. The van der Waals surface area contributed by atoms with Gasteiger partial charge < -0.3 is 10.1 Å². The Labute approximate surface area is 173 Å². The lowest BCUT2D eigenvalue weighted by molar-refractivity contribution is -0.137. The topological polar surface area (TPSA) is 58.6 Å². The lowest BCUT2D eigenvalue weighted by atomic mass is 10.0. The van der Waals surface area contributed by atoms with E-state index >= 15 is 0 Å². The summed E-state index contributed by atoms with van der Waals surface area (Å²) in [6.45, 7) is -0.149. The summed E-state index contributed by atoms with van der Waals surface area (Å²) < 4.78 is 19.4. The molecule has 0 unspecified atom stereocenters. The van der Waals surface area contributed by atoms with Gasteiger partial charge in [-0.3, -0.25) is 14.5 Å². The zero-order valence-corrected chi connectivity index (χ0v) is 16.3. The van der Waals surface area contributed by atoms with Crippen LogP contribution in [0.15, 0.2) is 84.6 Å². The first-order chi connectivity index (χ1) is 14.6. The van der Waals surface area contributed by atoms with Crippen LogP contribution in [0, 0.1) is 5.82 Å². The Bertz CT molecular complexity index is 1140. The molecule has 0 spiro atoms. The molecule has 2 amide bonds. The molecule has 0 saturated carbocycles. The van der Waals surface area contributed by atoms with Crippen molar-refractivity contribution in [3.63, 3.8) is 0 Å². The fraction of sp³-hybridized carbons (Fsp3) is 0.0833. The minimum Gasteiger partial charge on any atom is -0.497 e. The highest BCUT2D eigenvalue weighted by atomic mass is 19.1. The molecule has 4 rings (SSSR count). The van der Waals surface area contributed by atoms with Crippen LogP contribution in [0.2, 0.25) is 0 Å². The predicted octanol–water partition coefficient (Wildman–Crippen LogP) is 4.23. The molecule has 1 heterocycles. The van der Waals surface area contributed by atoms with Crippen molar-refractivity contribution >= 4 is 23.1 Å². The quantitative estimate of drug-likeness (QED) is 0.627. The van der Waals surface area contributed by atoms with Crippen molar-refractivity contribution in [1.82, 2.24) is 4.90 Å². The Balaban J connectivity index is 1.74. The number of rotatable bonds is 6. The van der Waals surface area contributed by atoms with E-state index < -0.39 is 17.6 Å². The molecule has 1 aliphatic heterocycles. The van der Waals surface area contributed by atoms with Crippen LogP contribution in [-0.4, -0.2) is 23.8 Å². The van der Waals surface area contributed by atoms with Gasteiger partial charge in [0, 0.05) is 17.3 Å². The smallest absolute Gasteiger partial charge is 0.278 e. The van der Waals surface area contributed by atoms with E-state index in [0.717, 1.165) is 4.90 Å². The van der Waals surface area contributed by atoms with Gasteiger partial charge in [-0.25, -0.2) is 4.39 Å². The van der Waals surface area contributed by atoms with Gasteiger partial charge in [-0.05, 0) is 23.8 Å². The maximum absolute atomic E-state index is 14.2. The third-order valence-electron chi connectivity index (χ3n) is 4.86. The van der Waals surface area contributed by atoms with E-state index in [1.54, 1.807) is 73.8 Å². The highest BCUT2D eigenvalue weighted by Gasteiger charge is 2.39. The number of carbonyl (C=O) groups excluding carboxylic acids is 2. The molecular weight excluding hydrogens is 383 g/mol. The average Bonchev–Trinajstić information content (AvgIpc) is 3.00. The van der Waals surface area contributed by atoms with E-state index in [1.165, 1.54) is 6.07 Å². The fourth-order valence-electron chi connectivity index (χ4n) is 3.35. The second-order valence-electron chi connectivity index (χ2n) is 6.76. The summed E-state index contributed by atoms with van der Waals surface area (Å²) in [5.41, 5.74) is 1.88. The van der Waals surface area contributed by atoms with Crippen LogP contribution in [0.5, 0.6) is 5.75 Å². The molecule has 1 N–H and O–H groups in total. The first-order valence-electron chi connectivity index (χ1n) is 9.39. The minimum absolute atomic E-state index is 0.149. The molecule has 0 saturated heterocycles. The first-order valence-corrected chi connectivity index (χ1v) is 9.39. The summed E-state index contributed by atoms with van der Waals surface area (Å²) >= 11 is 0. The maximum Gasteiger partial charge on any atom is 0.278 e. The van der Waals surface area contributed by atoms with Crippen LogP contribution in [0.25, 0.3) is 5.57 Å². The molecule has 0 bridgehead atoms. The lowest BCUT2D eigenvalue weighted by Gasteiger charge is -2.16. The Morgan fingerprint density at radius 2 is 1.63 bits per heavy atom. The van der Waals surface area contributed by atoms with Gasteiger partial charge >= 0.3 is 0 Å². The monoisotopic (exact) mass is 402 g/mol. The summed E-state index contributed by atoms with van der Waals surface area (Å²) in [5.74, 6) is -0.833. The van der Waals surface area contributed by atoms with Gasteiger partial charge in [0.05, 0.1) is 19.2 Å². The number of hydrogen-bond donors (Lipinski definition) is 1. The molecule has 0 atom stereocenters. The number of methoxy groups -OCH3 is 1. The summed E-state index contributed by atoms with van der Waals surface area (Å²) in [6.07, 6.45) is 0. The highest BCUT2D eigenvalue weighted by molar-refractivity contribution is 6.36. The number of amides is 2. The predicted molar refractivity (Wildman–Crippen MR) is 112 cm³/mol. The molecule has 0 aliphatic carbocycles. The van der Waals surface area contributed by atoms with Gasteiger partial charge in [-0.1, -0.05) is 54.6 Å². The molecule has 150 valence electrons. The standard InChI is InChI=1S/C24H19FN2O3/c1-30-19-12-7-11-18(14-19)26-22-21(16-8-3-2-4-9-16)23(28)27(24(22)29)15-17-10-5-6-13-20(17)25/h2-14,26H,15H2,1H3. The zero-order valence-electron chi connectivity index (χ0n) is 16.3. The molecule has 30 heavy (non-hydrogen) atoms. The van der Waals surface area contributed by atoms with Gasteiger partial charge in [-0.15, -0.1) is 0 Å². The van der Waals surface area contributed by atoms with Crippen LogP contribution < -0.4 is 10.1 Å². The maximum atomic E-state index is 14.2. The number of hydrogen-bond acceptors (Lipinski definition) is 4. The SMILES string of the molecule is COc1cccc(NC2=C(c3ccccc3)C(=O)N(Cc3ccccc3F)C2=O)c1. The number of nitrogens with zero attached hydrogens (tertiary/aromatic N) is 1. The number of halogens is 1. The Morgan fingerprint density at radius 3 is 2.37 bits per heavy atom. The van der Waals surface area contributed by atoms with E-state index in [-0.39, 0.29) is 23.4 Å². The molecule has 0 aromatic heterocycles. The second-order valence-corrected chi connectivity index (χ2v) is 6.76. The number of carbonyl (C=O) groups is 2. The number of ether oxygens (including phenoxy) is 1. The van der Waals surface area contributed by atoms with Crippen LogP contribution in [0.3, 0.4) is 0 Å². The molecule has 3 aromatic carbocycles. The van der Waals surface area contributed by atoms with Crippen molar-refractivity contribution in [3.05, 3.63) is 102 Å². The van der Waals surface area contributed by atoms with Gasteiger partial charge in [0.25, 0.3) is 11.8 Å². The van der Waals surface area contributed by atoms with Crippen molar-refractivity contribution in [1.29, 1.82) is 0 Å². The van der Waals surface area contributed by atoms with Crippen LogP contribution in [0.1, 0.15) is 11.1 Å². The summed E-state index contributed by atoms with van der Waals surface area (Å²) in [7, 11) is 1.55. The average molecular weight is 402 g/mol. The normalized spacial score (nSPS) is 13.7. The van der Waals surface area contributed by atoms with Crippen LogP contribution in [0.4, 0.5) is 10.1 Å². The van der Waals surface area contributed by atoms with Crippen molar-refractivity contribution in [3.8, 4) is 5.75 Å².